The Balaban J connectivity index is 1.82. The third-order valence-electron chi connectivity index (χ3n) is 3.35. The molecule has 112 valence electrons. The second kappa shape index (κ2) is 6.74. The molecular weight excluding hydrogens is 284 g/mol. The second-order valence-electron chi connectivity index (χ2n) is 5.21. The van der Waals surface area contributed by atoms with Crippen LogP contribution in [0.3, 0.4) is 0 Å². The Morgan fingerprint density at radius 1 is 1.24 bits per heavy atom. The molecule has 0 fully saturated rings. The first kappa shape index (κ1) is 15.5. The maximum absolute atomic E-state index is 11.8. The minimum atomic E-state index is -1.05. The van der Waals surface area contributed by atoms with Crippen molar-refractivity contribution < 1.29 is 9.90 Å². The molecule has 0 saturated carbocycles. The number of carbonyl (C=O) groups is 1. The zero-order valence-corrected chi connectivity index (χ0v) is 13.0. The summed E-state index contributed by atoms with van der Waals surface area (Å²) in [5, 5.41) is 17.7. The lowest BCUT2D eigenvalue weighted by Gasteiger charge is -2.22. The van der Waals surface area contributed by atoms with Gasteiger partial charge in [-0.25, -0.2) is 4.79 Å². The summed E-state index contributed by atoms with van der Waals surface area (Å²) in [4.78, 5) is 12.6. The molecule has 1 aromatic carbocycles. The summed E-state index contributed by atoms with van der Waals surface area (Å²) in [7, 11) is 0. The van der Waals surface area contributed by atoms with E-state index in [0.717, 1.165) is 16.0 Å². The molecule has 0 saturated heterocycles. The number of aliphatic hydroxyl groups is 1. The molecule has 5 heteroatoms. The highest BCUT2D eigenvalue weighted by Gasteiger charge is 2.24. The zero-order chi connectivity index (χ0) is 15.3. The molecule has 1 aromatic heterocycles. The van der Waals surface area contributed by atoms with E-state index < -0.39 is 5.60 Å². The van der Waals surface area contributed by atoms with Crippen molar-refractivity contribution >= 4 is 17.4 Å². The van der Waals surface area contributed by atoms with Gasteiger partial charge in [0.05, 0.1) is 6.54 Å². The van der Waals surface area contributed by atoms with Gasteiger partial charge >= 0.3 is 6.03 Å². The van der Waals surface area contributed by atoms with Gasteiger partial charge in [0.2, 0.25) is 0 Å². The fourth-order valence-corrected chi connectivity index (χ4v) is 2.76. The fraction of sp³-hybridized carbons (Fsp3) is 0.312. The standard InChI is InChI=1S/C16H20N2O2S/c1-12-6-3-4-7-13(12)10-17-15(19)18-11-16(2,20)14-8-5-9-21-14/h3-9,20H,10-11H2,1-2H3,(H2,17,18,19). The van der Waals surface area contributed by atoms with E-state index in [9.17, 15) is 9.90 Å². The van der Waals surface area contributed by atoms with Crippen molar-refractivity contribution in [3.63, 3.8) is 0 Å². The van der Waals surface area contributed by atoms with E-state index in [2.05, 4.69) is 10.6 Å². The van der Waals surface area contributed by atoms with E-state index in [4.69, 9.17) is 0 Å². The topological polar surface area (TPSA) is 61.4 Å². The highest BCUT2D eigenvalue weighted by atomic mass is 32.1. The monoisotopic (exact) mass is 304 g/mol. The molecule has 4 nitrogen and oxygen atoms in total. The molecule has 0 aliphatic heterocycles. The Kier molecular flexibility index (Phi) is 4.98. The maximum Gasteiger partial charge on any atom is 0.315 e. The van der Waals surface area contributed by atoms with Gasteiger partial charge in [0.15, 0.2) is 0 Å². The van der Waals surface area contributed by atoms with Crippen LogP contribution in [0.2, 0.25) is 0 Å². The molecule has 0 aliphatic rings. The Bertz CT molecular complexity index is 594. The normalized spacial score (nSPS) is 13.5. The highest BCUT2D eigenvalue weighted by Crippen LogP contribution is 2.24. The van der Waals surface area contributed by atoms with Crippen LogP contribution in [0.4, 0.5) is 4.79 Å². The number of hydrogen-bond acceptors (Lipinski definition) is 3. The van der Waals surface area contributed by atoms with Gasteiger partial charge in [-0.05, 0) is 36.4 Å². The third-order valence-corrected chi connectivity index (χ3v) is 4.47. The van der Waals surface area contributed by atoms with E-state index in [1.807, 2.05) is 48.7 Å². The first-order chi connectivity index (χ1) is 9.99. The summed E-state index contributed by atoms with van der Waals surface area (Å²) < 4.78 is 0. The van der Waals surface area contributed by atoms with Crippen LogP contribution in [0.15, 0.2) is 41.8 Å². The molecule has 0 bridgehead atoms. The number of carbonyl (C=O) groups excluding carboxylic acids is 1. The molecule has 1 heterocycles. The van der Waals surface area contributed by atoms with E-state index in [-0.39, 0.29) is 12.6 Å². The van der Waals surface area contributed by atoms with Crippen molar-refractivity contribution in [3.05, 3.63) is 57.8 Å². The third kappa shape index (κ3) is 4.31. The van der Waals surface area contributed by atoms with Crippen molar-refractivity contribution in [1.29, 1.82) is 0 Å². The molecular formula is C16H20N2O2S. The molecule has 21 heavy (non-hydrogen) atoms. The van der Waals surface area contributed by atoms with Crippen LogP contribution in [-0.4, -0.2) is 17.7 Å². The molecule has 2 amide bonds. The van der Waals surface area contributed by atoms with Gasteiger partial charge in [0.25, 0.3) is 0 Å². The van der Waals surface area contributed by atoms with Crippen LogP contribution in [0, 0.1) is 6.92 Å². The summed E-state index contributed by atoms with van der Waals surface area (Å²) in [6.07, 6.45) is 0. The summed E-state index contributed by atoms with van der Waals surface area (Å²) in [5.74, 6) is 0. The van der Waals surface area contributed by atoms with Crippen molar-refractivity contribution in [1.82, 2.24) is 10.6 Å². The van der Waals surface area contributed by atoms with Crippen molar-refractivity contribution in [3.8, 4) is 0 Å². The van der Waals surface area contributed by atoms with Crippen LogP contribution in [0.25, 0.3) is 0 Å². The van der Waals surface area contributed by atoms with Crippen molar-refractivity contribution in [2.75, 3.05) is 6.54 Å². The maximum atomic E-state index is 11.8. The van der Waals surface area contributed by atoms with E-state index in [0.29, 0.717) is 6.54 Å². The van der Waals surface area contributed by atoms with Crippen molar-refractivity contribution in [2.45, 2.75) is 26.0 Å². The average Bonchev–Trinajstić information content (AvgIpc) is 2.99. The van der Waals surface area contributed by atoms with Gasteiger partial charge in [0.1, 0.15) is 5.60 Å². The summed E-state index contributed by atoms with van der Waals surface area (Å²) in [6.45, 7) is 4.35. The zero-order valence-electron chi connectivity index (χ0n) is 12.2. The van der Waals surface area contributed by atoms with E-state index >= 15 is 0 Å². The van der Waals surface area contributed by atoms with Crippen LogP contribution < -0.4 is 10.6 Å². The molecule has 3 N–H and O–H groups in total. The lowest BCUT2D eigenvalue weighted by atomic mass is 10.1. The molecule has 0 radical (unpaired) electrons. The Morgan fingerprint density at radius 3 is 2.67 bits per heavy atom. The van der Waals surface area contributed by atoms with E-state index in [1.165, 1.54) is 11.3 Å². The summed E-state index contributed by atoms with van der Waals surface area (Å²) >= 11 is 1.47. The average molecular weight is 304 g/mol. The van der Waals surface area contributed by atoms with Crippen molar-refractivity contribution in [2.24, 2.45) is 0 Å². The number of hydrogen-bond donors (Lipinski definition) is 3. The van der Waals surface area contributed by atoms with Crippen LogP contribution >= 0.6 is 11.3 Å². The van der Waals surface area contributed by atoms with Crippen LogP contribution in [0.5, 0.6) is 0 Å². The first-order valence-corrected chi connectivity index (χ1v) is 7.69. The lowest BCUT2D eigenvalue weighted by molar-refractivity contribution is 0.0631. The molecule has 1 atom stereocenters. The number of aryl methyl sites for hydroxylation is 1. The smallest absolute Gasteiger partial charge is 0.315 e. The van der Waals surface area contributed by atoms with Crippen LogP contribution in [0.1, 0.15) is 22.9 Å². The van der Waals surface area contributed by atoms with Gasteiger partial charge < -0.3 is 15.7 Å². The highest BCUT2D eigenvalue weighted by molar-refractivity contribution is 7.10. The van der Waals surface area contributed by atoms with Crippen LogP contribution in [-0.2, 0) is 12.1 Å². The molecule has 0 spiro atoms. The summed E-state index contributed by atoms with van der Waals surface area (Å²) in [5.41, 5.74) is 1.18. The quantitative estimate of drug-likeness (QED) is 0.795. The second-order valence-corrected chi connectivity index (χ2v) is 6.16. The SMILES string of the molecule is Cc1ccccc1CNC(=O)NCC(C)(O)c1cccs1. The largest absolute Gasteiger partial charge is 0.383 e. The number of thiophene rings is 1. The Labute approximate surface area is 128 Å². The molecule has 2 aromatic rings. The minimum Gasteiger partial charge on any atom is -0.383 e. The summed E-state index contributed by atoms with van der Waals surface area (Å²) in [6, 6.07) is 11.4. The molecule has 2 rings (SSSR count). The predicted octanol–water partition coefficient (Wildman–Crippen LogP) is 2.76. The predicted molar refractivity (Wildman–Crippen MR) is 85.3 cm³/mol. The number of amides is 2. The van der Waals surface area contributed by atoms with Gasteiger partial charge in [-0.2, -0.15) is 0 Å². The van der Waals surface area contributed by atoms with Gasteiger partial charge in [-0.15, -0.1) is 11.3 Å². The Morgan fingerprint density at radius 2 is 2.00 bits per heavy atom. The minimum absolute atomic E-state index is 0.174. The lowest BCUT2D eigenvalue weighted by Crippen LogP contribution is -2.43. The number of nitrogens with one attached hydrogen (secondary N) is 2. The molecule has 0 aliphatic carbocycles. The number of urea groups is 1. The fourth-order valence-electron chi connectivity index (χ4n) is 1.97. The van der Waals surface area contributed by atoms with E-state index in [1.54, 1.807) is 6.92 Å². The first-order valence-electron chi connectivity index (χ1n) is 6.81. The molecule has 1 unspecified atom stereocenters. The number of benzene rings is 1. The Hall–Kier alpha value is -1.85. The van der Waals surface area contributed by atoms with Gasteiger partial charge in [-0.1, -0.05) is 30.3 Å². The van der Waals surface area contributed by atoms with Gasteiger partial charge in [-0.3, -0.25) is 0 Å². The van der Waals surface area contributed by atoms with Gasteiger partial charge in [0, 0.05) is 11.4 Å². The number of rotatable bonds is 5.